The zero-order valence-electron chi connectivity index (χ0n) is 9.09. The van der Waals surface area contributed by atoms with E-state index < -0.39 is 0 Å². The van der Waals surface area contributed by atoms with Gasteiger partial charge in [0.1, 0.15) is 0 Å². The number of aromatic amines is 1. The predicted octanol–water partition coefficient (Wildman–Crippen LogP) is 1.98. The molecule has 0 unspecified atom stereocenters. The van der Waals surface area contributed by atoms with Crippen LogP contribution in [0.4, 0.5) is 0 Å². The van der Waals surface area contributed by atoms with Crippen molar-refractivity contribution in [2.75, 3.05) is 0 Å². The maximum absolute atomic E-state index is 11.6. The molecule has 0 amide bonds. The normalized spacial score (nSPS) is 10.7. The first-order chi connectivity index (χ1) is 8.74. The van der Waals surface area contributed by atoms with Crippen molar-refractivity contribution in [2.45, 2.75) is 0 Å². The average Bonchev–Trinajstić information content (AvgIpc) is 2.40. The molecular weight excluding hydrogens is 343 g/mol. The number of nitrogens with zero attached hydrogens (tertiary/aromatic N) is 3. The topological polar surface area (TPSA) is 71.5 Å². The number of nitrogens with one attached hydrogen (secondary N) is 1. The fraction of sp³-hybridized carbons (Fsp3) is 0. The van der Waals surface area contributed by atoms with Gasteiger partial charge in [-0.15, -0.1) is 0 Å². The Morgan fingerprint density at radius 3 is 2.67 bits per heavy atom. The third kappa shape index (κ3) is 1.99. The van der Waals surface area contributed by atoms with E-state index in [2.05, 4.69) is 42.5 Å². The molecule has 18 heavy (non-hydrogen) atoms. The highest BCUT2D eigenvalue weighted by atomic mass is 127. The van der Waals surface area contributed by atoms with Crippen LogP contribution >= 0.6 is 22.6 Å². The van der Waals surface area contributed by atoms with Gasteiger partial charge >= 0.3 is 0 Å². The Morgan fingerprint density at radius 1 is 1.11 bits per heavy atom. The molecule has 1 N–H and O–H groups in total. The number of rotatable bonds is 1. The van der Waals surface area contributed by atoms with Crippen LogP contribution in [-0.4, -0.2) is 19.9 Å². The standard InChI is InChI=1S/C12H7IN4O/c13-8-3-1-7(2-4-8)9-5-14-11-10(17-9)12(18)16-6-15-11/h1-6H,(H,14,15,16,18). The van der Waals surface area contributed by atoms with E-state index in [0.29, 0.717) is 11.3 Å². The first kappa shape index (κ1) is 11.3. The third-order valence-electron chi connectivity index (χ3n) is 2.49. The molecule has 0 bridgehead atoms. The minimum absolute atomic E-state index is 0.258. The lowest BCUT2D eigenvalue weighted by atomic mass is 10.2. The van der Waals surface area contributed by atoms with Crippen LogP contribution in [-0.2, 0) is 0 Å². The van der Waals surface area contributed by atoms with Crippen molar-refractivity contribution in [1.82, 2.24) is 19.9 Å². The van der Waals surface area contributed by atoms with Gasteiger partial charge in [-0.1, -0.05) is 12.1 Å². The molecule has 3 aromatic rings. The van der Waals surface area contributed by atoms with Crippen molar-refractivity contribution >= 4 is 33.8 Å². The first-order valence-electron chi connectivity index (χ1n) is 5.20. The number of aromatic nitrogens is 4. The van der Waals surface area contributed by atoms with E-state index in [1.54, 1.807) is 6.20 Å². The summed E-state index contributed by atoms with van der Waals surface area (Å²) in [5.74, 6) is 0. The van der Waals surface area contributed by atoms with Crippen LogP contribution in [0.5, 0.6) is 0 Å². The molecule has 0 saturated carbocycles. The number of H-pyrrole nitrogens is 1. The highest BCUT2D eigenvalue weighted by molar-refractivity contribution is 14.1. The second-order valence-electron chi connectivity index (χ2n) is 3.67. The number of fused-ring (bicyclic) bond motifs is 1. The van der Waals surface area contributed by atoms with Crippen LogP contribution in [0.3, 0.4) is 0 Å². The van der Waals surface area contributed by atoms with Gasteiger partial charge in [0.15, 0.2) is 11.2 Å². The largest absolute Gasteiger partial charge is 0.311 e. The van der Waals surface area contributed by atoms with Crippen LogP contribution in [0.1, 0.15) is 0 Å². The summed E-state index contributed by atoms with van der Waals surface area (Å²) in [6, 6.07) is 7.86. The highest BCUT2D eigenvalue weighted by Crippen LogP contribution is 2.18. The summed E-state index contributed by atoms with van der Waals surface area (Å²) < 4.78 is 1.14. The van der Waals surface area contributed by atoms with Crippen molar-refractivity contribution in [3.8, 4) is 11.3 Å². The Balaban J connectivity index is 2.22. The Labute approximate surface area is 115 Å². The molecular formula is C12H7IN4O. The molecule has 3 rings (SSSR count). The van der Waals surface area contributed by atoms with Crippen LogP contribution in [0.25, 0.3) is 22.4 Å². The Kier molecular flexibility index (Phi) is 2.78. The number of hydrogen-bond acceptors (Lipinski definition) is 4. The quantitative estimate of drug-likeness (QED) is 0.682. The number of hydrogen-bond donors (Lipinski definition) is 1. The second-order valence-corrected chi connectivity index (χ2v) is 4.91. The molecule has 0 aliphatic heterocycles. The van der Waals surface area contributed by atoms with Crippen LogP contribution in [0, 0.1) is 3.57 Å². The maximum Gasteiger partial charge on any atom is 0.278 e. The molecule has 1 aromatic carbocycles. The zero-order valence-corrected chi connectivity index (χ0v) is 11.2. The molecule has 5 nitrogen and oxygen atoms in total. The lowest BCUT2D eigenvalue weighted by Gasteiger charge is -2.01. The minimum Gasteiger partial charge on any atom is -0.311 e. The van der Waals surface area contributed by atoms with Gasteiger partial charge in [0.25, 0.3) is 5.56 Å². The second kappa shape index (κ2) is 4.45. The molecule has 88 valence electrons. The van der Waals surface area contributed by atoms with Gasteiger partial charge in [0, 0.05) is 9.13 Å². The van der Waals surface area contributed by atoms with Crippen LogP contribution in [0.2, 0.25) is 0 Å². The first-order valence-corrected chi connectivity index (χ1v) is 6.28. The molecule has 0 aliphatic rings. The Morgan fingerprint density at radius 2 is 1.89 bits per heavy atom. The molecule has 0 atom stereocenters. The smallest absolute Gasteiger partial charge is 0.278 e. The maximum atomic E-state index is 11.6. The molecule has 0 saturated heterocycles. The minimum atomic E-state index is -0.278. The molecule has 0 fully saturated rings. The van der Waals surface area contributed by atoms with Gasteiger partial charge in [-0.25, -0.2) is 15.0 Å². The van der Waals surface area contributed by atoms with E-state index in [0.717, 1.165) is 9.13 Å². The van der Waals surface area contributed by atoms with Gasteiger partial charge in [-0.05, 0) is 34.7 Å². The molecule has 0 spiro atoms. The highest BCUT2D eigenvalue weighted by Gasteiger charge is 2.05. The Hall–Kier alpha value is -1.83. The van der Waals surface area contributed by atoms with Gasteiger partial charge in [-0.2, -0.15) is 0 Å². The number of benzene rings is 1. The van der Waals surface area contributed by atoms with Crippen molar-refractivity contribution in [2.24, 2.45) is 0 Å². The SMILES string of the molecule is O=c1[nH]cnc2ncc(-c3ccc(I)cc3)nc12. The molecule has 0 radical (unpaired) electrons. The predicted molar refractivity (Wildman–Crippen MR) is 76.1 cm³/mol. The van der Waals surface area contributed by atoms with E-state index >= 15 is 0 Å². The lowest BCUT2D eigenvalue weighted by molar-refractivity contribution is 1.11. The third-order valence-corrected chi connectivity index (χ3v) is 3.21. The van der Waals surface area contributed by atoms with E-state index in [1.165, 1.54) is 6.33 Å². The van der Waals surface area contributed by atoms with Crippen molar-refractivity contribution < 1.29 is 0 Å². The lowest BCUT2D eigenvalue weighted by Crippen LogP contribution is -2.09. The summed E-state index contributed by atoms with van der Waals surface area (Å²) in [6.07, 6.45) is 2.95. The van der Waals surface area contributed by atoms with E-state index in [4.69, 9.17) is 0 Å². The summed E-state index contributed by atoms with van der Waals surface area (Å²) in [6.45, 7) is 0. The summed E-state index contributed by atoms with van der Waals surface area (Å²) in [4.78, 5) is 26.5. The van der Waals surface area contributed by atoms with Gasteiger partial charge < -0.3 is 4.98 Å². The van der Waals surface area contributed by atoms with Gasteiger partial charge in [0.05, 0.1) is 18.2 Å². The van der Waals surface area contributed by atoms with Crippen molar-refractivity contribution in [3.63, 3.8) is 0 Å². The monoisotopic (exact) mass is 350 g/mol. The fourth-order valence-corrected chi connectivity index (χ4v) is 1.97. The molecule has 2 heterocycles. The summed E-state index contributed by atoms with van der Waals surface area (Å²) >= 11 is 2.23. The molecule has 0 aliphatic carbocycles. The Bertz CT molecular complexity index is 767. The van der Waals surface area contributed by atoms with E-state index in [1.807, 2.05) is 24.3 Å². The average molecular weight is 350 g/mol. The summed E-state index contributed by atoms with van der Waals surface area (Å²) in [5, 5.41) is 0. The van der Waals surface area contributed by atoms with Crippen LogP contribution in [0.15, 0.2) is 41.6 Å². The summed E-state index contributed by atoms with van der Waals surface area (Å²) in [5.41, 5.74) is 1.92. The molecule has 6 heteroatoms. The molecule has 2 aromatic heterocycles. The van der Waals surface area contributed by atoms with E-state index in [9.17, 15) is 4.79 Å². The zero-order chi connectivity index (χ0) is 12.5. The van der Waals surface area contributed by atoms with Crippen LogP contribution < -0.4 is 5.56 Å². The summed E-state index contributed by atoms with van der Waals surface area (Å²) in [7, 11) is 0. The number of halogens is 1. The van der Waals surface area contributed by atoms with E-state index in [-0.39, 0.29) is 11.1 Å². The van der Waals surface area contributed by atoms with Crippen molar-refractivity contribution in [3.05, 3.63) is 50.7 Å². The fourth-order valence-electron chi connectivity index (χ4n) is 1.61. The van der Waals surface area contributed by atoms with Gasteiger partial charge in [-0.3, -0.25) is 4.79 Å². The van der Waals surface area contributed by atoms with Crippen molar-refractivity contribution in [1.29, 1.82) is 0 Å². The van der Waals surface area contributed by atoms with Gasteiger partial charge in [0.2, 0.25) is 0 Å².